The average molecular weight is 234 g/mol. The van der Waals surface area contributed by atoms with E-state index in [1.165, 1.54) is 0 Å². The lowest BCUT2D eigenvalue weighted by atomic mass is 10.2. The molecule has 0 bridgehead atoms. The summed E-state index contributed by atoms with van der Waals surface area (Å²) in [5.41, 5.74) is 6.59. The second-order valence-electron chi connectivity index (χ2n) is 3.34. The van der Waals surface area contributed by atoms with E-state index in [0.717, 1.165) is 11.3 Å². The van der Waals surface area contributed by atoms with Crippen LogP contribution in [0.1, 0.15) is 5.56 Å². The van der Waals surface area contributed by atoms with Crippen LogP contribution in [0, 0.1) is 0 Å². The van der Waals surface area contributed by atoms with Gasteiger partial charge in [0, 0.05) is 12.1 Å². The van der Waals surface area contributed by atoms with Crippen molar-refractivity contribution in [2.75, 3.05) is 0 Å². The van der Waals surface area contributed by atoms with Gasteiger partial charge in [0.25, 0.3) is 0 Å². The molecule has 2 rings (SSSR count). The largest absolute Gasteiger partial charge is 0.455 e. The van der Waals surface area contributed by atoms with Crippen molar-refractivity contribution in [3.8, 4) is 11.5 Å². The number of hydrogen-bond donors (Lipinski definition) is 1. The fraction of sp³-hybridized carbons (Fsp3) is 0.0769. The summed E-state index contributed by atoms with van der Waals surface area (Å²) in [5.74, 6) is 1.39. The van der Waals surface area contributed by atoms with E-state index in [2.05, 4.69) is 0 Å². The molecule has 82 valence electrons. The van der Waals surface area contributed by atoms with Crippen LogP contribution in [0.25, 0.3) is 0 Å². The van der Waals surface area contributed by atoms with Gasteiger partial charge in [0.05, 0.1) is 5.02 Å². The Hall–Kier alpha value is -1.51. The first-order valence-corrected chi connectivity index (χ1v) is 5.39. The third-order valence-corrected chi connectivity index (χ3v) is 2.56. The zero-order valence-corrected chi connectivity index (χ0v) is 9.45. The molecule has 0 aromatic heterocycles. The maximum absolute atomic E-state index is 6.01. The van der Waals surface area contributed by atoms with E-state index >= 15 is 0 Å². The van der Waals surface area contributed by atoms with Gasteiger partial charge in [-0.1, -0.05) is 41.9 Å². The van der Waals surface area contributed by atoms with Gasteiger partial charge < -0.3 is 10.5 Å². The molecule has 0 aliphatic carbocycles. The second kappa shape index (κ2) is 5.01. The van der Waals surface area contributed by atoms with Crippen molar-refractivity contribution in [1.82, 2.24) is 0 Å². The molecule has 16 heavy (non-hydrogen) atoms. The first-order valence-electron chi connectivity index (χ1n) is 5.01. The van der Waals surface area contributed by atoms with Crippen molar-refractivity contribution in [2.45, 2.75) is 6.54 Å². The lowest BCUT2D eigenvalue weighted by Crippen LogP contribution is -1.99. The molecular weight excluding hydrogens is 222 g/mol. The molecule has 0 aliphatic rings. The van der Waals surface area contributed by atoms with Gasteiger partial charge in [0.2, 0.25) is 0 Å². The molecule has 0 atom stereocenters. The summed E-state index contributed by atoms with van der Waals surface area (Å²) < 4.78 is 5.72. The van der Waals surface area contributed by atoms with Crippen molar-refractivity contribution in [2.24, 2.45) is 5.73 Å². The van der Waals surface area contributed by atoms with Gasteiger partial charge in [0.15, 0.2) is 0 Å². The third kappa shape index (κ3) is 2.35. The molecule has 0 fully saturated rings. The maximum atomic E-state index is 6.01. The van der Waals surface area contributed by atoms with Crippen molar-refractivity contribution in [1.29, 1.82) is 0 Å². The SMILES string of the molecule is NCc1ccccc1Oc1ccccc1Cl. The summed E-state index contributed by atoms with van der Waals surface area (Å²) in [6.07, 6.45) is 0. The van der Waals surface area contributed by atoms with Crippen LogP contribution >= 0.6 is 11.6 Å². The number of nitrogens with two attached hydrogens (primary N) is 1. The van der Waals surface area contributed by atoms with Crippen molar-refractivity contribution in [3.05, 3.63) is 59.1 Å². The Morgan fingerprint density at radius 3 is 2.25 bits per heavy atom. The highest BCUT2D eigenvalue weighted by molar-refractivity contribution is 6.32. The first kappa shape index (κ1) is 11.0. The minimum absolute atomic E-state index is 0.445. The van der Waals surface area contributed by atoms with Crippen LogP contribution in [-0.2, 0) is 6.54 Å². The third-order valence-electron chi connectivity index (χ3n) is 2.25. The number of ether oxygens (including phenoxy) is 1. The molecule has 0 heterocycles. The van der Waals surface area contributed by atoms with Gasteiger partial charge in [-0.25, -0.2) is 0 Å². The van der Waals surface area contributed by atoms with Gasteiger partial charge in [-0.05, 0) is 18.2 Å². The molecule has 3 heteroatoms. The Morgan fingerprint density at radius 1 is 0.938 bits per heavy atom. The van der Waals surface area contributed by atoms with Crippen LogP contribution in [-0.4, -0.2) is 0 Å². The zero-order valence-electron chi connectivity index (χ0n) is 8.69. The second-order valence-corrected chi connectivity index (χ2v) is 3.75. The molecule has 2 N–H and O–H groups in total. The van der Waals surface area contributed by atoms with Gasteiger partial charge >= 0.3 is 0 Å². The summed E-state index contributed by atoms with van der Waals surface area (Å²) >= 11 is 6.01. The summed E-state index contributed by atoms with van der Waals surface area (Å²) in [6.45, 7) is 0.445. The number of halogens is 1. The summed E-state index contributed by atoms with van der Waals surface area (Å²) in [7, 11) is 0. The lowest BCUT2D eigenvalue weighted by Gasteiger charge is -2.10. The molecule has 0 saturated carbocycles. The molecule has 2 nitrogen and oxygen atoms in total. The number of rotatable bonds is 3. The Morgan fingerprint density at radius 2 is 1.56 bits per heavy atom. The van der Waals surface area contributed by atoms with E-state index in [-0.39, 0.29) is 0 Å². The zero-order chi connectivity index (χ0) is 11.4. The molecule has 0 amide bonds. The smallest absolute Gasteiger partial charge is 0.146 e. The molecule has 0 radical (unpaired) electrons. The predicted octanol–water partition coefficient (Wildman–Crippen LogP) is 3.59. The van der Waals surface area contributed by atoms with E-state index in [9.17, 15) is 0 Å². The quantitative estimate of drug-likeness (QED) is 0.879. The average Bonchev–Trinajstić information content (AvgIpc) is 2.33. The van der Waals surface area contributed by atoms with Crippen molar-refractivity contribution in [3.63, 3.8) is 0 Å². The highest BCUT2D eigenvalue weighted by atomic mass is 35.5. The predicted molar refractivity (Wildman–Crippen MR) is 65.9 cm³/mol. The molecule has 0 aliphatic heterocycles. The fourth-order valence-corrected chi connectivity index (χ4v) is 1.59. The Labute approximate surface area is 99.6 Å². The fourth-order valence-electron chi connectivity index (χ4n) is 1.42. The first-order chi connectivity index (χ1) is 7.81. The lowest BCUT2D eigenvalue weighted by molar-refractivity contribution is 0.476. The van der Waals surface area contributed by atoms with Gasteiger partial charge in [0.1, 0.15) is 11.5 Å². The van der Waals surface area contributed by atoms with Crippen LogP contribution in [0.3, 0.4) is 0 Å². The monoisotopic (exact) mass is 233 g/mol. The Kier molecular flexibility index (Phi) is 3.44. The van der Waals surface area contributed by atoms with Crippen LogP contribution in [0.5, 0.6) is 11.5 Å². The highest BCUT2D eigenvalue weighted by Crippen LogP contribution is 2.30. The van der Waals surface area contributed by atoms with E-state index in [0.29, 0.717) is 17.3 Å². The number of para-hydroxylation sites is 2. The summed E-state index contributed by atoms with van der Waals surface area (Å²) in [5, 5.41) is 0.592. The van der Waals surface area contributed by atoms with E-state index in [4.69, 9.17) is 22.1 Å². The summed E-state index contributed by atoms with van der Waals surface area (Å²) in [6, 6.07) is 15.0. The Bertz CT molecular complexity index is 485. The Balaban J connectivity index is 2.30. The molecule has 0 saturated heterocycles. The van der Waals surface area contributed by atoms with E-state index < -0.39 is 0 Å². The minimum atomic E-state index is 0.445. The maximum Gasteiger partial charge on any atom is 0.146 e. The number of hydrogen-bond acceptors (Lipinski definition) is 2. The van der Waals surface area contributed by atoms with Gasteiger partial charge in [-0.2, -0.15) is 0 Å². The van der Waals surface area contributed by atoms with Crippen molar-refractivity contribution >= 4 is 11.6 Å². The van der Waals surface area contributed by atoms with Crippen LogP contribution in [0.15, 0.2) is 48.5 Å². The molecule has 0 spiro atoms. The standard InChI is InChI=1S/C13H12ClNO/c14-11-6-2-4-8-13(11)16-12-7-3-1-5-10(12)9-15/h1-8H,9,15H2. The number of benzene rings is 2. The normalized spacial score (nSPS) is 10.1. The van der Waals surface area contributed by atoms with Gasteiger partial charge in [-0.3, -0.25) is 0 Å². The van der Waals surface area contributed by atoms with Crippen LogP contribution in [0.4, 0.5) is 0 Å². The van der Waals surface area contributed by atoms with Gasteiger partial charge in [-0.15, -0.1) is 0 Å². The summed E-state index contributed by atoms with van der Waals surface area (Å²) in [4.78, 5) is 0. The van der Waals surface area contributed by atoms with Crippen LogP contribution < -0.4 is 10.5 Å². The minimum Gasteiger partial charge on any atom is -0.455 e. The molecule has 2 aromatic carbocycles. The molecule has 0 unspecified atom stereocenters. The van der Waals surface area contributed by atoms with Crippen LogP contribution in [0.2, 0.25) is 5.02 Å². The topological polar surface area (TPSA) is 35.2 Å². The van der Waals surface area contributed by atoms with Crippen molar-refractivity contribution < 1.29 is 4.74 Å². The molecular formula is C13H12ClNO. The molecule has 2 aromatic rings. The van der Waals surface area contributed by atoms with E-state index in [1.54, 1.807) is 6.07 Å². The van der Waals surface area contributed by atoms with E-state index in [1.807, 2.05) is 42.5 Å². The highest BCUT2D eigenvalue weighted by Gasteiger charge is 2.05.